The Balaban J connectivity index is 1.87. The standard InChI is InChI=1S/C15H12F3IN5OP/c16-15(17,18)14(25)22-6-4-11-12(20-8-24(11)26-19)13(22)10-7-9-3-1-2-5-23(9)21-10/h1-3,5,7-8,13,26H,4,6H2. The van der Waals surface area contributed by atoms with E-state index in [9.17, 15) is 18.0 Å². The van der Waals surface area contributed by atoms with Crippen LogP contribution in [0.15, 0.2) is 36.8 Å². The predicted molar refractivity (Wildman–Crippen MR) is 98.5 cm³/mol. The highest BCUT2D eigenvalue weighted by atomic mass is 127. The maximum atomic E-state index is 13.1. The number of halogens is 4. The highest BCUT2D eigenvalue weighted by Crippen LogP contribution is 2.39. The highest BCUT2D eigenvalue weighted by molar-refractivity contribution is 14.2. The van der Waals surface area contributed by atoms with E-state index in [2.05, 4.69) is 32.1 Å². The molecule has 1 aliphatic heterocycles. The third-order valence-electron chi connectivity index (χ3n) is 4.32. The van der Waals surface area contributed by atoms with Crippen molar-refractivity contribution in [2.75, 3.05) is 6.54 Å². The topological polar surface area (TPSA) is 55.4 Å². The average Bonchev–Trinajstić information content (AvgIpc) is 3.22. The highest BCUT2D eigenvalue weighted by Gasteiger charge is 2.48. The van der Waals surface area contributed by atoms with E-state index in [1.807, 2.05) is 10.4 Å². The molecule has 0 saturated carbocycles. The van der Waals surface area contributed by atoms with Crippen molar-refractivity contribution in [2.45, 2.75) is 18.6 Å². The number of amides is 1. The monoisotopic (exact) mass is 493 g/mol. The minimum Gasteiger partial charge on any atom is -0.320 e. The fraction of sp³-hybridized carbons (Fsp3) is 0.267. The van der Waals surface area contributed by atoms with Crippen molar-refractivity contribution < 1.29 is 18.0 Å². The normalized spacial score (nSPS) is 18.0. The smallest absolute Gasteiger partial charge is 0.320 e. The molecule has 4 rings (SSSR count). The number of carbonyl (C=O) groups excluding carboxylic acids is 1. The van der Waals surface area contributed by atoms with Gasteiger partial charge in [-0.25, -0.2) is 9.50 Å². The maximum Gasteiger partial charge on any atom is 0.471 e. The molecule has 0 aromatic carbocycles. The van der Waals surface area contributed by atoms with Gasteiger partial charge >= 0.3 is 12.1 Å². The van der Waals surface area contributed by atoms with Crippen molar-refractivity contribution in [2.24, 2.45) is 0 Å². The van der Waals surface area contributed by atoms with Gasteiger partial charge < -0.3 is 9.24 Å². The van der Waals surface area contributed by atoms with Crippen LogP contribution in [0.2, 0.25) is 0 Å². The van der Waals surface area contributed by atoms with Crippen molar-refractivity contribution in [3.05, 3.63) is 53.9 Å². The molecule has 1 amide bonds. The van der Waals surface area contributed by atoms with Crippen LogP contribution in [-0.4, -0.2) is 42.5 Å². The largest absolute Gasteiger partial charge is 0.471 e. The van der Waals surface area contributed by atoms with Crippen molar-refractivity contribution in [3.8, 4) is 0 Å². The zero-order valence-electron chi connectivity index (χ0n) is 13.1. The molecular formula is C15H12F3IN5OP. The Morgan fingerprint density at radius 3 is 2.85 bits per heavy atom. The first-order chi connectivity index (χ1) is 12.4. The molecule has 6 nitrogen and oxygen atoms in total. The first kappa shape index (κ1) is 17.7. The number of nitrogens with zero attached hydrogens (tertiary/aromatic N) is 5. The van der Waals surface area contributed by atoms with Gasteiger partial charge in [-0.3, -0.25) is 4.79 Å². The molecule has 11 heteroatoms. The van der Waals surface area contributed by atoms with Gasteiger partial charge in [0.15, 0.2) is 0 Å². The lowest BCUT2D eigenvalue weighted by Gasteiger charge is -2.34. The van der Waals surface area contributed by atoms with Crippen LogP contribution in [0.4, 0.5) is 13.2 Å². The van der Waals surface area contributed by atoms with Gasteiger partial charge in [0.05, 0.1) is 23.2 Å². The summed E-state index contributed by atoms with van der Waals surface area (Å²) < 4.78 is 42.9. The van der Waals surface area contributed by atoms with Crippen LogP contribution in [0.5, 0.6) is 0 Å². The van der Waals surface area contributed by atoms with Crippen LogP contribution in [0, 0.1) is 0 Å². The van der Waals surface area contributed by atoms with E-state index in [0.717, 1.165) is 16.1 Å². The Labute approximate surface area is 160 Å². The van der Waals surface area contributed by atoms with Gasteiger partial charge in [-0.15, -0.1) is 0 Å². The van der Waals surface area contributed by atoms with Crippen LogP contribution < -0.4 is 0 Å². The quantitative estimate of drug-likeness (QED) is 0.407. The number of fused-ring (bicyclic) bond motifs is 2. The van der Waals surface area contributed by atoms with E-state index >= 15 is 0 Å². The molecule has 0 spiro atoms. The number of alkyl halides is 3. The summed E-state index contributed by atoms with van der Waals surface area (Å²) in [6, 6.07) is 6.14. The van der Waals surface area contributed by atoms with Gasteiger partial charge in [-0.2, -0.15) is 18.3 Å². The van der Waals surface area contributed by atoms with Gasteiger partial charge in [0.2, 0.25) is 0 Å². The fourth-order valence-electron chi connectivity index (χ4n) is 3.21. The van der Waals surface area contributed by atoms with Gasteiger partial charge in [0.1, 0.15) is 6.04 Å². The van der Waals surface area contributed by atoms with Crippen molar-refractivity contribution in [3.63, 3.8) is 0 Å². The number of hydrogen-bond donors (Lipinski definition) is 0. The van der Waals surface area contributed by atoms with Crippen LogP contribution in [0.25, 0.3) is 5.52 Å². The SMILES string of the molecule is O=C(N1CCc2c(ncn2PI)C1c1cc2ccccn2n1)C(F)(F)F. The predicted octanol–water partition coefficient (Wildman–Crippen LogP) is 3.36. The van der Waals surface area contributed by atoms with Gasteiger partial charge in [0, 0.05) is 31.2 Å². The summed E-state index contributed by atoms with van der Waals surface area (Å²) in [5.74, 6) is -1.86. The number of rotatable bonds is 2. The Morgan fingerprint density at radius 2 is 2.15 bits per heavy atom. The number of imidazole rings is 1. The zero-order chi connectivity index (χ0) is 18.5. The summed E-state index contributed by atoms with van der Waals surface area (Å²) in [5, 5.41) is 4.39. The van der Waals surface area contributed by atoms with E-state index in [0.29, 0.717) is 24.2 Å². The minimum atomic E-state index is -4.94. The summed E-state index contributed by atoms with van der Waals surface area (Å²) in [6.07, 6.45) is -0.909. The molecule has 0 aliphatic carbocycles. The van der Waals surface area contributed by atoms with E-state index in [1.165, 1.54) is 0 Å². The first-order valence-electron chi connectivity index (χ1n) is 7.65. The second-order valence-corrected chi connectivity index (χ2v) is 7.92. The van der Waals surface area contributed by atoms with Crippen molar-refractivity contribution in [1.82, 2.24) is 23.8 Å². The molecule has 3 aromatic heterocycles. The van der Waals surface area contributed by atoms with Crippen LogP contribution in [0.3, 0.4) is 0 Å². The number of pyridine rings is 1. The fourth-order valence-corrected chi connectivity index (χ4v) is 4.89. The molecule has 26 heavy (non-hydrogen) atoms. The summed E-state index contributed by atoms with van der Waals surface area (Å²) in [4.78, 5) is 17.2. The van der Waals surface area contributed by atoms with E-state index in [-0.39, 0.29) is 6.54 Å². The molecule has 2 unspecified atom stereocenters. The molecule has 0 N–H and O–H groups in total. The first-order valence-corrected chi connectivity index (χ1v) is 11.7. The maximum absolute atomic E-state index is 13.1. The molecule has 3 aromatic rings. The number of carbonyl (C=O) groups is 1. The molecular weight excluding hydrogens is 481 g/mol. The summed E-state index contributed by atoms with van der Waals surface area (Å²) in [6.45, 7) is -0.0311. The van der Waals surface area contributed by atoms with Gasteiger partial charge in [0.25, 0.3) is 0 Å². The molecule has 1 aliphatic rings. The van der Waals surface area contributed by atoms with Crippen LogP contribution in [-0.2, 0) is 11.2 Å². The molecule has 0 bridgehead atoms. The molecule has 0 fully saturated rings. The number of aromatic nitrogens is 4. The molecule has 4 heterocycles. The second kappa shape index (κ2) is 6.49. The molecule has 0 saturated heterocycles. The lowest BCUT2D eigenvalue weighted by Crippen LogP contribution is -2.47. The lowest BCUT2D eigenvalue weighted by molar-refractivity contribution is -0.187. The van der Waals surface area contributed by atoms with E-state index < -0.39 is 18.1 Å². The zero-order valence-corrected chi connectivity index (χ0v) is 16.3. The summed E-state index contributed by atoms with van der Waals surface area (Å²) >= 11 is 2.19. The lowest BCUT2D eigenvalue weighted by atomic mass is 9.99. The average molecular weight is 493 g/mol. The second-order valence-electron chi connectivity index (χ2n) is 5.82. The third kappa shape index (κ3) is 2.88. The molecule has 0 radical (unpaired) electrons. The minimum absolute atomic E-state index is 0.0311. The Bertz CT molecular complexity index is 952. The van der Waals surface area contributed by atoms with Gasteiger partial charge in [-0.1, -0.05) is 6.07 Å². The summed E-state index contributed by atoms with van der Waals surface area (Å²) in [7, 11) is 0. The van der Waals surface area contributed by atoms with Crippen LogP contribution in [0.1, 0.15) is 23.1 Å². The van der Waals surface area contributed by atoms with Crippen molar-refractivity contribution >= 4 is 39.8 Å². The molecule has 2 atom stereocenters. The number of hydrogen-bond acceptors (Lipinski definition) is 3. The summed E-state index contributed by atoms with van der Waals surface area (Å²) in [5.41, 5.74) is 2.42. The Kier molecular flexibility index (Phi) is 4.42. The Hall–Kier alpha value is -1.68. The van der Waals surface area contributed by atoms with E-state index in [1.54, 1.807) is 35.2 Å². The third-order valence-corrected chi connectivity index (χ3v) is 6.45. The van der Waals surface area contributed by atoms with Gasteiger partial charge in [-0.05, 0) is 40.2 Å². The van der Waals surface area contributed by atoms with Crippen molar-refractivity contribution in [1.29, 1.82) is 0 Å². The van der Waals surface area contributed by atoms with E-state index in [4.69, 9.17) is 0 Å². The van der Waals surface area contributed by atoms with Crippen LogP contribution >= 0.6 is 28.4 Å². The molecule has 136 valence electrons. The Morgan fingerprint density at radius 1 is 1.35 bits per heavy atom.